The zero-order valence-corrected chi connectivity index (χ0v) is 15.8. The van der Waals surface area contributed by atoms with E-state index < -0.39 is 18.0 Å². The Kier molecular flexibility index (Phi) is 6.68. The van der Waals surface area contributed by atoms with Crippen LogP contribution in [-0.2, 0) is 20.7 Å². The fraction of sp³-hybridized carbons (Fsp3) is 0.600. The number of rotatable bonds is 5. The van der Waals surface area contributed by atoms with Crippen LogP contribution < -0.4 is 16.0 Å². The second-order valence-corrected chi connectivity index (χ2v) is 7.27. The van der Waals surface area contributed by atoms with Crippen LogP contribution in [0.25, 0.3) is 0 Å². The fourth-order valence-electron chi connectivity index (χ4n) is 3.74. The highest BCUT2D eigenvalue weighted by Gasteiger charge is 2.23. The lowest BCUT2D eigenvalue weighted by Gasteiger charge is -2.17. The van der Waals surface area contributed by atoms with Crippen LogP contribution in [0.5, 0.6) is 0 Å². The number of amides is 2. The van der Waals surface area contributed by atoms with E-state index in [0.29, 0.717) is 13.0 Å². The number of ether oxygens (including phenoxy) is 1. The standard InChI is InChI=1S/C20H29N3O4/c1-2-17-15-11-13(7-8-16(15)23-18(24)12-27-17)9-10-21-19(25)20(26)22-14-5-3-4-6-14/h7-8,11,14,17-18,23-24H,2-6,9-10,12H2,1H3,(H,21,25)(H,22,26)/t17-,18+/m0/s1. The zero-order valence-electron chi connectivity index (χ0n) is 15.8. The molecule has 0 radical (unpaired) electrons. The van der Waals surface area contributed by atoms with Gasteiger partial charge < -0.3 is 25.8 Å². The van der Waals surface area contributed by atoms with E-state index in [2.05, 4.69) is 16.0 Å². The number of aliphatic hydroxyl groups is 1. The average molecular weight is 375 g/mol. The highest BCUT2D eigenvalue weighted by molar-refractivity contribution is 6.35. The summed E-state index contributed by atoms with van der Waals surface area (Å²) in [6, 6.07) is 6.07. The van der Waals surface area contributed by atoms with Crippen molar-refractivity contribution in [1.29, 1.82) is 0 Å². The third kappa shape index (κ3) is 5.20. The van der Waals surface area contributed by atoms with Crippen molar-refractivity contribution in [2.24, 2.45) is 0 Å². The highest BCUT2D eigenvalue weighted by Crippen LogP contribution is 2.32. The van der Waals surface area contributed by atoms with Crippen LogP contribution in [0.3, 0.4) is 0 Å². The lowest BCUT2D eigenvalue weighted by molar-refractivity contribution is -0.139. The molecule has 4 N–H and O–H groups in total. The Balaban J connectivity index is 1.53. The van der Waals surface area contributed by atoms with Gasteiger partial charge in [-0.15, -0.1) is 0 Å². The van der Waals surface area contributed by atoms with E-state index in [-0.39, 0.29) is 18.8 Å². The summed E-state index contributed by atoms with van der Waals surface area (Å²) in [5.74, 6) is -1.11. The van der Waals surface area contributed by atoms with E-state index in [1.54, 1.807) is 0 Å². The molecule has 0 unspecified atom stereocenters. The lowest BCUT2D eigenvalue weighted by atomic mass is 10.0. The molecule has 27 heavy (non-hydrogen) atoms. The monoisotopic (exact) mass is 375 g/mol. The Morgan fingerprint density at radius 2 is 2.04 bits per heavy atom. The first kappa shape index (κ1) is 19.6. The van der Waals surface area contributed by atoms with Gasteiger partial charge in [0.05, 0.1) is 12.7 Å². The average Bonchev–Trinajstić information content (AvgIpc) is 3.10. The summed E-state index contributed by atoms with van der Waals surface area (Å²) in [7, 11) is 0. The van der Waals surface area contributed by atoms with Gasteiger partial charge in [-0.25, -0.2) is 0 Å². The van der Waals surface area contributed by atoms with Gasteiger partial charge in [-0.05, 0) is 37.3 Å². The molecule has 3 rings (SSSR count). The Labute approximate surface area is 159 Å². The van der Waals surface area contributed by atoms with Gasteiger partial charge in [0.2, 0.25) is 0 Å². The Hall–Kier alpha value is -2.12. The Morgan fingerprint density at radius 1 is 1.26 bits per heavy atom. The number of benzene rings is 1. The van der Waals surface area contributed by atoms with Crippen molar-refractivity contribution in [3.05, 3.63) is 29.3 Å². The van der Waals surface area contributed by atoms with Gasteiger partial charge in [0, 0.05) is 23.8 Å². The van der Waals surface area contributed by atoms with Crippen LogP contribution in [0.2, 0.25) is 0 Å². The fourth-order valence-corrected chi connectivity index (χ4v) is 3.74. The molecule has 148 valence electrons. The molecule has 0 bridgehead atoms. The van der Waals surface area contributed by atoms with Crippen LogP contribution in [0.15, 0.2) is 18.2 Å². The van der Waals surface area contributed by atoms with Crippen LogP contribution >= 0.6 is 0 Å². The number of anilines is 1. The topological polar surface area (TPSA) is 99.7 Å². The second kappa shape index (κ2) is 9.19. The molecule has 1 aliphatic heterocycles. The van der Waals surface area contributed by atoms with E-state index in [4.69, 9.17) is 4.74 Å². The summed E-state index contributed by atoms with van der Waals surface area (Å²) in [6.45, 7) is 2.68. The van der Waals surface area contributed by atoms with Crippen molar-refractivity contribution >= 4 is 17.5 Å². The number of aliphatic hydroxyl groups excluding tert-OH is 1. The molecule has 2 aliphatic rings. The minimum atomic E-state index is -0.719. The molecule has 1 saturated carbocycles. The van der Waals surface area contributed by atoms with Gasteiger partial charge in [0.1, 0.15) is 6.23 Å². The maximum absolute atomic E-state index is 12.0. The lowest BCUT2D eigenvalue weighted by Crippen LogP contribution is -2.44. The largest absolute Gasteiger partial charge is 0.371 e. The Bertz CT molecular complexity index is 673. The molecular weight excluding hydrogens is 346 g/mol. The number of hydrogen-bond donors (Lipinski definition) is 4. The van der Waals surface area contributed by atoms with Crippen molar-refractivity contribution in [3.63, 3.8) is 0 Å². The molecule has 1 aromatic carbocycles. The first-order valence-corrected chi connectivity index (χ1v) is 9.84. The molecule has 1 fully saturated rings. The highest BCUT2D eigenvalue weighted by atomic mass is 16.5. The molecule has 0 spiro atoms. The molecule has 2 amide bonds. The second-order valence-electron chi connectivity index (χ2n) is 7.27. The van der Waals surface area contributed by atoms with Gasteiger partial charge in [-0.3, -0.25) is 9.59 Å². The summed E-state index contributed by atoms with van der Waals surface area (Å²) in [4.78, 5) is 23.9. The van der Waals surface area contributed by atoms with E-state index in [1.165, 1.54) is 0 Å². The minimum Gasteiger partial charge on any atom is -0.371 e. The predicted molar refractivity (Wildman–Crippen MR) is 102 cm³/mol. The van der Waals surface area contributed by atoms with Crippen molar-refractivity contribution in [1.82, 2.24) is 10.6 Å². The minimum absolute atomic E-state index is 0.0728. The van der Waals surface area contributed by atoms with Gasteiger partial charge in [0.25, 0.3) is 0 Å². The van der Waals surface area contributed by atoms with Crippen LogP contribution in [0.1, 0.15) is 56.3 Å². The van der Waals surface area contributed by atoms with Gasteiger partial charge >= 0.3 is 11.8 Å². The summed E-state index contributed by atoms with van der Waals surface area (Å²) in [6.07, 6.45) is 4.77. The number of carbonyl (C=O) groups is 2. The molecule has 7 heteroatoms. The normalized spacial score (nSPS) is 22.4. The number of fused-ring (bicyclic) bond motifs is 1. The molecule has 2 atom stereocenters. The smallest absolute Gasteiger partial charge is 0.309 e. The summed E-state index contributed by atoms with van der Waals surface area (Å²) in [5.41, 5.74) is 2.93. The predicted octanol–water partition coefficient (Wildman–Crippen LogP) is 1.62. The molecule has 0 aromatic heterocycles. The van der Waals surface area contributed by atoms with Crippen LogP contribution in [0, 0.1) is 0 Å². The van der Waals surface area contributed by atoms with Crippen molar-refractivity contribution in [2.45, 2.75) is 63.8 Å². The quantitative estimate of drug-likeness (QED) is 0.586. The molecule has 1 heterocycles. The molecule has 1 aliphatic carbocycles. The number of hydrogen-bond acceptors (Lipinski definition) is 5. The van der Waals surface area contributed by atoms with E-state index >= 15 is 0 Å². The zero-order chi connectivity index (χ0) is 19.2. The Morgan fingerprint density at radius 3 is 2.78 bits per heavy atom. The number of nitrogens with one attached hydrogen (secondary N) is 3. The van der Waals surface area contributed by atoms with Gasteiger partial charge in [-0.1, -0.05) is 31.9 Å². The van der Waals surface area contributed by atoms with Gasteiger partial charge in [0.15, 0.2) is 0 Å². The van der Waals surface area contributed by atoms with E-state index in [0.717, 1.165) is 48.9 Å². The maximum Gasteiger partial charge on any atom is 0.309 e. The summed E-state index contributed by atoms with van der Waals surface area (Å²) in [5, 5.41) is 18.4. The van der Waals surface area contributed by atoms with Crippen molar-refractivity contribution in [3.8, 4) is 0 Å². The van der Waals surface area contributed by atoms with Crippen LogP contribution in [-0.4, -0.2) is 42.3 Å². The molecule has 1 aromatic rings. The number of carbonyl (C=O) groups excluding carboxylic acids is 2. The first-order valence-electron chi connectivity index (χ1n) is 9.84. The third-order valence-corrected chi connectivity index (χ3v) is 5.21. The van der Waals surface area contributed by atoms with Gasteiger partial charge in [-0.2, -0.15) is 0 Å². The summed E-state index contributed by atoms with van der Waals surface area (Å²) < 4.78 is 5.75. The summed E-state index contributed by atoms with van der Waals surface area (Å²) >= 11 is 0. The maximum atomic E-state index is 12.0. The third-order valence-electron chi connectivity index (χ3n) is 5.21. The van der Waals surface area contributed by atoms with Crippen molar-refractivity contribution < 1.29 is 19.4 Å². The molecule has 7 nitrogen and oxygen atoms in total. The SMILES string of the molecule is CC[C@@H]1OC[C@@H](O)Nc2ccc(CCNC(=O)C(=O)NC3CCCC3)cc21. The van der Waals surface area contributed by atoms with Crippen molar-refractivity contribution in [2.75, 3.05) is 18.5 Å². The van der Waals surface area contributed by atoms with E-state index in [9.17, 15) is 14.7 Å². The molecule has 0 saturated heterocycles. The van der Waals surface area contributed by atoms with E-state index in [1.807, 2.05) is 25.1 Å². The van der Waals surface area contributed by atoms with Crippen LogP contribution in [0.4, 0.5) is 5.69 Å². The molecular formula is C20H29N3O4. The first-order chi connectivity index (χ1) is 13.1.